The average molecular weight is 200 g/mol. The van der Waals surface area contributed by atoms with Gasteiger partial charge in [-0.2, -0.15) is 0 Å². The molecule has 0 spiro atoms. The first-order valence-electron chi connectivity index (χ1n) is 2.85. The van der Waals surface area contributed by atoms with Crippen LogP contribution in [0, 0.1) is 0 Å². The van der Waals surface area contributed by atoms with Crippen molar-refractivity contribution < 1.29 is 0 Å². The summed E-state index contributed by atoms with van der Waals surface area (Å²) in [7, 11) is 0. The highest BCUT2D eigenvalue weighted by Gasteiger charge is 2.01. The van der Waals surface area contributed by atoms with Crippen LogP contribution in [0.15, 0.2) is 22.2 Å². The summed E-state index contributed by atoms with van der Waals surface area (Å²) in [6.07, 6.45) is 0.680. The van der Waals surface area contributed by atoms with E-state index in [9.17, 15) is 0 Å². The second kappa shape index (κ2) is 5.06. The van der Waals surface area contributed by atoms with Crippen molar-refractivity contribution in [3.05, 3.63) is 22.2 Å². The normalized spacial score (nSPS) is 12.8. The quantitative estimate of drug-likeness (QED) is 0.478. The van der Waals surface area contributed by atoms with E-state index in [1.54, 1.807) is 6.92 Å². The molecule has 0 aliphatic carbocycles. The first-order chi connectivity index (χ1) is 4.59. The van der Waals surface area contributed by atoms with Crippen LogP contribution in [0.1, 0.15) is 13.3 Å². The van der Waals surface area contributed by atoms with Gasteiger partial charge in [-0.1, -0.05) is 29.8 Å². The molecule has 0 fully saturated rings. The molecular formula is C7H9Cl3. The minimum atomic E-state index is 0.480. The Hall–Kier alpha value is 0.350. The van der Waals surface area contributed by atoms with Gasteiger partial charge in [-0.25, -0.2) is 0 Å². The lowest BCUT2D eigenvalue weighted by Gasteiger charge is -2.02. The van der Waals surface area contributed by atoms with Crippen molar-refractivity contribution in [2.75, 3.05) is 5.88 Å². The van der Waals surface area contributed by atoms with Crippen molar-refractivity contribution in [1.29, 1.82) is 0 Å². The molecule has 0 N–H and O–H groups in total. The van der Waals surface area contributed by atoms with Gasteiger partial charge in [0.05, 0.1) is 0 Å². The predicted octanol–water partition coefficient (Wildman–Crippen LogP) is 3.88. The molecule has 0 radical (unpaired) electrons. The predicted molar refractivity (Wildman–Crippen MR) is 48.9 cm³/mol. The average Bonchev–Trinajstić information content (AvgIpc) is 1.81. The van der Waals surface area contributed by atoms with Crippen LogP contribution in [0.5, 0.6) is 0 Å². The van der Waals surface area contributed by atoms with Crippen LogP contribution in [0.4, 0.5) is 0 Å². The van der Waals surface area contributed by atoms with Crippen LogP contribution in [0.2, 0.25) is 0 Å². The smallest absolute Gasteiger partial charge is 0.0378 e. The van der Waals surface area contributed by atoms with Crippen LogP contribution in [0.3, 0.4) is 0 Å². The Labute approximate surface area is 76.5 Å². The van der Waals surface area contributed by atoms with Gasteiger partial charge in [0.2, 0.25) is 0 Å². The van der Waals surface area contributed by atoms with Crippen LogP contribution < -0.4 is 0 Å². The molecule has 0 amide bonds. The lowest BCUT2D eigenvalue weighted by molar-refractivity contribution is 1.14. The highest BCUT2D eigenvalue weighted by atomic mass is 35.5. The fourth-order valence-electron chi connectivity index (χ4n) is 0.589. The highest BCUT2D eigenvalue weighted by molar-refractivity contribution is 6.35. The Morgan fingerprint density at radius 1 is 1.40 bits per heavy atom. The molecule has 0 bridgehead atoms. The summed E-state index contributed by atoms with van der Waals surface area (Å²) in [4.78, 5) is 0. The van der Waals surface area contributed by atoms with E-state index in [0.717, 1.165) is 5.57 Å². The Balaban J connectivity index is 4.28. The second-order valence-corrected chi connectivity index (χ2v) is 3.26. The van der Waals surface area contributed by atoms with Crippen molar-refractivity contribution >= 4 is 34.8 Å². The second-order valence-electron chi connectivity index (χ2n) is 1.86. The van der Waals surface area contributed by atoms with E-state index in [0.29, 0.717) is 22.4 Å². The van der Waals surface area contributed by atoms with Gasteiger partial charge in [0.15, 0.2) is 0 Å². The van der Waals surface area contributed by atoms with Crippen molar-refractivity contribution in [2.45, 2.75) is 13.3 Å². The van der Waals surface area contributed by atoms with Gasteiger partial charge < -0.3 is 0 Å². The summed E-state index contributed by atoms with van der Waals surface area (Å²) in [5, 5.41) is 1.15. The van der Waals surface area contributed by atoms with E-state index in [1.165, 1.54) is 0 Å². The Bertz CT molecular complexity index is 154. The minimum absolute atomic E-state index is 0.480. The lowest BCUT2D eigenvalue weighted by Crippen LogP contribution is -1.85. The fourth-order valence-corrected chi connectivity index (χ4v) is 1.27. The fraction of sp³-hybridized carbons (Fsp3) is 0.429. The number of alkyl halides is 1. The Morgan fingerprint density at radius 3 is 2.00 bits per heavy atom. The maximum Gasteiger partial charge on any atom is 0.0378 e. The van der Waals surface area contributed by atoms with E-state index in [1.807, 2.05) is 0 Å². The number of hydrogen-bond donors (Lipinski definition) is 0. The van der Waals surface area contributed by atoms with Gasteiger partial charge >= 0.3 is 0 Å². The molecule has 10 heavy (non-hydrogen) atoms. The number of rotatable bonds is 3. The minimum Gasteiger partial charge on any atom is -0.126 e. The van der Waals surface area contributed by atoms with Crippen LogP contribution in [-0.2, 0) is 0 Å². The SMILES string of the molecule is C=C(Cl)/C(CCCl)=C(\C)Cl. The molecule has 0 saturated heterocycles. The standard InChI is InChI=1S/C7H9Cl3/c1-5(9)7(3-4-8)6(2)10/h1,3-4H2,2H3/b7-6+. The first kappa shape index (κ1) is 10.3. The van der Waals surface area contributed by atoms with Crippen molar-refractivity contribution in [3.8, 4) is 0 Å². The lowest BCUT2D eigenvalue weighted by atomic mass is 10.2. The molecule has 0 aromatic carbocycles. The molecule has 0 aromatic rings. The van der Waals surface area contributed by atoms with Gasteiger partial charge in [-0.15, -0.1) is 11.6 Å². The summed E-state index contributed by atoms with van der Waals surface area (Å²) < 4.78 is 0. The van der Waals surface area contributed by atoms with Gasteiger partial charge in [0.1, 0.15) is 0 Å². The topological polar surface area (TPSA) is 0 Å². The summed E-state index contributed by atoms with van der Waals surface area (Å²) in [5.74, 6) is 0.519. The summed E-state index contributed by atoms with van der Waals surface area (Å²) in [5.41, 5.74) is 0.846. The zero-order chi connectivity index (χ0) is 8.15. The molecule has 0 aromatic heterocycles. The summed E-state index contributed by atoms with van der Waals surface area (Å²) in [6.45, 7) is 5.33. The van der Waals surface area contributed by atoms with Gasteiger partial charge in [-0.05, 0) is 18.9 Å². The van der Waals surface area contributed by atoms with E-state index < -0.39 is 0 Å². The third-order valence-electron chi connectivity index (χ3n) is 1.09. The molecule has 0 aliphatic rings. The van der Waals surface area contributed by atoms with Crippen molar-refractivity contribution in [1.82, 2.24) is 0 Å². The van der Waals surface area contributed by atoms with Gasteiger partial charge in [0.25, 0.3) is 0 Å². The molecule has 0 rings (SSSR count). The summed E-state index contributed by atoms with van der Waals surface area (Å²) in [6, 6.07) is 0. The van der Waals surface area contributed by atoms with Crippen LogP contribution >= 0.6 is 34.8 Å². The molecule has 0 heterocycles. The zero-order valence-corrected chi connectivity index (χ0v) is 8.02. The van der Waals surface area contributed by atoms with Crippen LogP contribution in [0.25, 0.3) is 0 Å². The Morgan fingerprint density at radius 2 is 1.90 bits per heavy atom. The number of hydrogen-bond acceptors (Lipinski definition) is 0. The molecule has 0 saturated carbocycles. The third kappa shape index (κ3) is 3.50. The van der Waals surface area contributed by atoms with Crippen LogP contribution in [-0.4, -0.2) is 5.88 Å². The number of allylic oxidation sites excluding steroid dienone is 3. The third-order valence-corrected chi connectivity index (χ3v) is 1.73. The maximum absolute atomic E-state index is 5.69. The Kier molecular flexibility index (Phi) is 5.24. The van der Waals surface area contributed by atoms with E-state index in [-0.39, 0.29) is 0 Å². The molecule has 0 atom stereocenters. The highest BCUT2D eigenvalue weighted by Crippen LogP contribution is 2.22. The van der Waals surface area contributed by atoms with Crippen molar-refractivity contribution in [2.24, 2.45) is 0 Å². The van der Waals surface area contributed by atoms with Gasteiger partial charge in [-0.3, -0.25) is 0 Å². The molecule has 0 nitrogen and oxygen atoms in total. The van der Waals surface area contributed by atoms with E-state index >= 15 is 0 Å². The van der Waals surface area contributed by atoms with E-state index in [2.05, 4.69) is 6.58 Å². The van der Waals surface area contributed by atoms with Crippen molar-refractivity contribution in [3.63, 3.8) is 0 Å². The molecular weight excluding hydrogens is 190 g/mol. The monoisotopic (exact) mass is 198 g/mol. The summed E-state index contributed by atoms with van der Waals surface area (Å²) >= 11 is 16.8. The van der Waals surface area contributed by atoms with Gasteiger partial charge in [0, 0.05) is 15.9 Å². The zero-order valence-electron chi connectivity index (χ0n) is 5.76. The maximum atomic E-state index is 5.69. The largest absolute Gasteiger partial charge is 0.126 e. The first-order valence-corrected chi connectivity index (χ1v) is 4.14. The molecule has 3 heteroatoms. The molecule has 0 unspecified atom stereocenters. The molecule has 58 valence electrons. The van der Waals surface area contributed by atoms with E-state index in [4.69, 9.17) is 34.8 Å². The number of halogens is 3. The molecule has 0 aliphatic heterocycles.